The van der Waals surface area contributed by atoms with Gasteiger partial charge >= 0.3 is 0 Å². The number of allylic oxidation sites excluding steroid dienone is 4. The fraction of sp³-hybridized carbons (Fsp3) is 0.636. The second-order valence-electron chi connectivity index (χ2n) is 4.65. The summed E-state index contributed by atoms with van der Waals surface area (Å²) in [6.45, 7) is 11.5. The molecule has 0 unspecified atom stereocenters. The van der Waals surface area contributed by atoms with E-state index < -0.39 is 0 Å². The van der Waals surface area contributed by atoms with Crippen LogP contribution in [0, 0.1) is 5.41 Å². The summed E-state index contributed by atoms with van der Waals surface area (Å²) in [6.07, 6.45) is 5.98. The first kappa shape index (κ1) is 9.99. The Morgan fingerprint density at radius 2 is 1.83 bits per heavy atom. The average Bonchev–Trinajstić information content (AvgIpc) is 2.30. The maximum atomic E-state index is 2.41. The molecular formula is C11H19P. The maximum absolute atomic E-state index is 2.41. The van der Waals surface area contributed by atoms with Crippen molar-refractivity contribution in [3.8, 4) is 0 Å². The van der Waals surface area contributed by atoms with Gasteiger partial charge < -0.3 is 0 Å². The van der Waals surface area contributed by atoms with Crippen molar-refractivity contribution in [1.82, 2.24) is 0 Å². The Labute approximate surface area is 77.5 Å². The van der Waals surface area contributed by atoms with Crippen molar-refractivity contribution in [3.05, 3.63) is 23.0 Å². The lowest BCUT2D eigenvalue weighted by Crippen LogP contribution is -2.07. The highest BCUT2D eigenvalue weighted by Gasteiger charge is 2.20. The predicted octanol–water partition coefficient (Wildman–Crippen LogP) is 3.99. The average molecular weight is 182 g/mol. The zero-order chi connectivity index (χ0) is 9.35. The number of hydrogen-bond donors (Lipinski definition) is 0. The maximum Gasteiger partial charge on any atom is -0.0121 e. The minimum atomic E-state index is 0.109. The molecule has 0 radical (unpaired) electrons. The third-order valence-corrected chi connectivity index (χ3v) is 3.68. The fourth-order valence-electron chi connectivity index (χ4n) is 1.35. The van der Waals surface area contributed by atoms with Crippen LogP contribution >= 0.6 is 7.92 Å². The Morgan fingerprint density at radius 3 is 2.08 bits per heavy atom. The van der Waals surface area contributed by atoms with Crippen molar-refractivity contribution in [1.29, 1.82) is 0 Å². The van der Waals surface area contributed by atoms with Gasteiger partial charge in [0.25, 0.3) is 0 Å². The monoisotopic (exact) mass is 182 g/mol. The molecule has 0 nitrogen and oxygen atoms in total. The smallest absolute Gasteiger partial charge is 0.0121 e. The number of hydrogen-bond acceptors (Lipinski definition) is 0. The SMILES string of the molecule is CP(C)C1=CCC(C(C)(C)C)=C1. The molecule has 0 saturated carbocycles. The van der Waals surface area contributed by atoms with Gasteiger partial charge in [0.15, 0.2) is 0 Å². The third kappa shape index (κ3) is 2.20. The third-order valence-electron chi connectivity index (χ3n) is 2.33. The van der Waals surface area contributed by atoms with Gasteiger partial charge in [-0.25, -0.2) is 0 Å². The van der Waals surface area contributed by atoms with Gasteiger partial charge in [0, 0.05) is 0 Å². The lowest BCUT2D eigenvalue weighted by Gasteiger charge is -2.19. The van der Waals surface area contributed by atoms with Gasteiger partial charge in [-0.1, -0.05) is 46.4 Å². The first-order valence-corrected chi connectivity index (χ1v) is 6.73. The van der Waals surface area contributed by atoms with Crippen LogP contribution in [0.2, 0.25) is 0 Å². The molecule has 68 valence electrons. The quantitative estimate of drug-likeness (QED) is 0.538. The Bertz CT molecular complexity index is 226. The molecule has 0 atom stereocenters. The molecule has 0 aromatic carbocycles. The van der Waals surface area contributed by atoms with Crippen LogP contribution in [0.1, 0.15) is 27.2 Å². The van der Waals surface area contributed by atoms with Crippen molar-refractivity contribution < 1.29 is 0 Å². The first-order valence-electron chi connectivity index (χ1n) is 4.50. The molecule has 0 aromatic rings. The van der Waals surface area contributed by atoms with Gasteiger partial charge in [-0.2, -0.15) is 0 Å². The Hall–Kier alpha value is -0.0900. The molecule has 0 spiro atoms. The molecule has 0 N–H and O–H groups in total. The minimum absolute atomic E-state index is 0.109. The largest absolute Gasteiger partial charge is 0.0820 e. The lowest BCUT2D eigenvalue weighted by atomic mass is 9.86. The molecule has 0 bridgehead atoms. The molecule has 1 aliphatic carbocycles. The van der Waals surface area contributed by atoms with Crippen LogP contribution in [0.5, 0.6) is 0 Å². The zero-order valence-electron chi connectivity index (χ0n) is 8.81. The summed E-state index contributed by atoms with van der Waals surface area (Å²) in [4.78, 5) is 0. The normalized spacial score (nSPS) is 18.2. The van der Waals surface area contributed by atoms with E-state index in [1.165, 1.54) is 6.42 Å². The summed E-state index contributed by atoms with van der Waals surface area (Å²) in [5.41, 5.74) is 1.96. The van der Waals surface area contributed by atoms with Crippen LogP contribution in [-0.4, -0.2) is 13.3 Å². The Balaban J connectivity index is 2.74. The van der Waals surface area contributed by atoms with E-state index in [4.69, 9.17) is 0 Å². The second kappa shape index (κ2) is 3.34. The van der Waals surface area contributed by atoms with E-state index in [9.17, 15) is 0 Å². The minimum Gasteiger partial charge on any atom is -0.0820 e. The summed E-state index contributed by atoms with van der Waals surface area (Å²) in [5.74, 6) is 0. The van der Waals surface area contributed by atoms with Crippen molar-refractivity contribution in [2.75, 3.05) is 13.3 Å². The highest BCUT2D eigenvalue weighted by molar-refractivity contribution is 7.60. The van der Waals surface area contributed by atoms with Crippen LogP contribution in [-0.2, 0) is 0 Å². The first-order chi connectivity index (χ1) is 5.41. The molecule has 12 heavy (non-hydrogen) atoms. The van der Waals surface area contributed by atoms with Gasteiger partial charge in [0.1, 0.15) is 0 Å². The summed E-state index contributed by atoms with van der Waals surface area (Å²) in [6, 6.07) is 0. The molecule has 1 aliphatic rings. The number of rotatable bonds is 1. The van der Waals surface area contributed by atoms with Gasteiger partial charge in [0.05, 0.1) is 0 Å². The van der Waals surface area contributed by atoms with Gasteiger partial charge in [0.2, 0.25) is 0 Å². The molecule has 0 heterocycles. The summed E-state index contributed by atoms with van der Waals surface area (Å²) < 4.78 is 0. The van der Waals surface area contributed by atoms with Crippen LogP contribution < -0.4 is 0 Å². The van der Waals surface area contributed by atoms with Crippen molar-refractivity contribution in [2.45, 2.75) is 27.2 Å². The predicted molar refractivity (Wildman–Crippen MR) is 59.0 cm³/mol. The van der Waals surface area contributed by atoms with E-state index >= 15 is 0 Å². The highest BCUT2D eigenvalue weighted by atomic mass is 31.1. The van der Waals surface area contributed by atoms with Crippen molar-refractivity contribution in [3.63, 3.8) is 0 Å². The van der Waals surface area contributed by atoms with Gasteiger partial charge in [-0.15, -0.1) is 0 Å². The van der Waals surface area contributed by atoms with Gasteiger partial charge in [-0.05, 0) is 30.5 Å². The topological polar surface area (TPSA) is 0 Å². The lowest BCUT2D eigenvalue weighted by molar-refractivity contribution is 0.496. The summed E-state index contributed by atoms with van der Waals surface area (Å²) >= 11 is 0. The molecule has 0 saturated heterocycles. The van der Waals surface area contributed by atoms with Crippen molar-refractivity contribution >= 4 is 7.92 Å². The van der Waals surface area contributed by atoms with Crippen LogP contribution in [0.25, 0.3) is 0 Å². The van der Waals surface area contributed by atoms with E-state index in [0.29, 0.717) is 5.41 Å². The zero-order valence-corrected chi connectivity index (χ0v) is 9.70. The molecule has 1 heteroatoms. The molecule has 1 rings (SSSR count). The van der Waals surface area contributed by atoms with Crippen LogP contribution in [0.3, 0.4) is 0 Å². The fourth-order valence-corrected chi connectivity index (χ4v) is 2.22. The standard InChI is InChI=1S/C11H19P/c1-11(2,3)9-6-7-10(8-9)12(4)5/h7-8H,6H2,1-5H3. The molecule has 0 fully saturated rings. The molecule has 0 amide bonds. The van der Waals surface area contributed by atoms with Gasteiger partial charge in [-0.3, -0.25) is 0 Å². The second-order valence-corrected chi connectivity index (χ2v) is 6.95. The molecular weight excluding hydrogens is 163 g/mol. The van der Waals surface area contributed by atoms with E-state index in [-0.39, 0.29) is 7.92 Å². The van der Waals surface area contributed by atoms with E-state index in [2.05, 4.69) is 46.3 Å². The van der Waals surface area contributed by atoms with E-state index in [0.717, 1.165) is 0 Å². The highest BCUT2D eigenvalue weighted by Crippen LogP contribution is 2.44. The Morgan fingerprint density at radius 1 is 1.25 bits per heavy atom. The van der Waals surface area contributed by atoms with Crippen molar-refractivity contribution in [2.24, 2.45) is 5.41 Å². The van der Waals surface area contributed by atoms with E-state index in [1.807, 2.05) is 0 Å². The van der Waals surface area contributed by atoms with Crippen LogP contribution in [0.15, 0.2) is 23.0 Å². The molecule has 0 aromatic heterocycles. The van der Waals surface area contributed by atoms with Crippen LogP contribution in [0.4, 0.5) is 0 Å². The Kier molecular flexibility index (Phi) is 2.78. The summed E-state index contributed by atoms with van der Waals surface area (Å²) in [7, 11) is 0.109. The van der Waals surface area contributed by atoms with E-state index in [1.54, 1.807) is 10.9 Å². The molecule has 0 aliphatic heterocycles. The summed E-state index contributed by atoms with van der Waals surface area (Å²) in [5, 5.41) is 1.58.